The van der Waals surface area contributed by atoms with Gasteiger partial charge in [-0.2, -0.15) is 38.4 Å². The molecule has 1 aliphatic rings. The first-order valence-electron chi connectivity index (χ1n) is 5.94. The minimum Gasteiger partial charge on any atom is -0.196 e. The number of benzene rings is 1. The zero-order valence-electron chi connectivity index (χ0n) is 11.6. The molecule has 130 valence electrons. The molecule has 1 unspecified atom stereocenters. The molecule has 0 radical (unpaired) electrons. The second-order valence-corrected chi connectivity index (χ2v) is 9.29. The lowest BCUT2D eigenvalue weighted by molar-refractivity contribution is -0.0546. The number of alkyl halides is 6. The molecule has 23 heavy (non-hydrogen) atoms. The number of aryl methyl sites for hydroxylation is 1. The highest BCUT2D eigenvalue weighted by molar-refractivity contribution is 8.36. The van der Waals surface area contributed by atoms with Gasteiger partial charge in [0.15, 0.2) is 0 Å². The number of hydrogen-bond donors (Lipinski definition) is 0. The summed E-state index contributed by atoms with van der Waals surface area (Å²) in [6, 6.07) is 3.61. The third-order valence-corrected chi connectivity index (χ3v) is 7.95. The molecule has 3 nitrogen and oxygen atoms in total. The van der Waals surface area contributed by atoms with Crippen LogP contribution in [0.15, 0.2) is 28.0 Å². The quantitative estimate of drug-likeness (QED) is 0.545. The van der Waals surface area contributed by atoms with Crippen LogP contribution < -0.4 is 0 Å². The number of hydrogen-bond acceptors (Lipinski definition) is 3. The monoisotopic (exact) mass is 380 g/mol. The Bertz CT molecular complexity index is 779. The third-order valence-electron chi connectivity index (χ3n) is 3.20. The molecular formula is C12H10F6O3S2. The highest BCUT2D eigenvalue weighted by atomic mass is 32.3. The van der Waals surface area contributed by atoms with E-state index in [9.17, 15) is 34.8 Å². The first kappa shape index (κ1) is 18.1. The Kier molecular flexibility index (Phi) is 4.06. The minimum atomic E-state index is -6.44. The van der Waals surface area contributed by atoms with Gasteiger partial charge in [0.25, 0.3) is 0 Å². The molecule has 0 aromatic heterocycles. The van der Waals surface area contributed by atoms with Crippen LogP contribution in [0.1, 0.15) is 18.1 Å². The van der Waals surface area contributed by atoms with Crippen LogP contribution in [0.5, 0.6) is 0 Å². The van der Waals surface area contributed by atoms with E-state index in [2.05, 4.69) is 3.63 Å². The van der Waals surface area contributed by atoms with Gasteiger partial charge in [-0.25, -0.2) is 0 Å². The molecule has 0 spiro atoms. The zero-order chi connectivity index (χ0) is 17.8. The predicted octanol–water partition coefficient (Wildman–Crippen LogP) is 4.83. The van der Waals surface area contributed by atoms with Gasteiger partial charge in [-0.05, 0) is 37.1 Å². The first-order valence-corrected chi connectivity index (χ1v) is 8.90. The van der Waals surface area contributed by atoms with E-state index in [0.29, 0.717) is 5.56 Å². The molecule has 0 N–H and O–H groups in total. The summed E-state index contributed by atoms with van der Waals surface area (Å²) in [6.45, 7) is 2.38. The van der Waals surface area contributed by atoms with Gasteiger partial charge in [-0.15, -0.1) is 0 Å². The van der Waals surface area contributed by atoms with Crippen molar-refractivity contribution in [3.63, 3.8) is 0 Å². The lowest BCUT2D eigenvalue weighted by Crippen LogP contribution is -2.32. The lowest BCUT2D eigenvalue weighted by Gasteiger charge is -2.38. The Hall–Kier alpha value is -1.20. The summed E-state index contributed by atoms with van der Waals surface area (Å²) in [5, 5.41) is 0. The summed E-state index contributed by atoms with van der Waals surface area (Å²) in [5.41, 5.74) is -10.9. The van der Waals surface area contributed by atoms with Crippen molar-refractivity contribution < 1.29 is 38.4 Å². The van der Waals surface area contributed by atoms with Crippen molar-refractivity contribution in [1.29, 1.82) is 0 Å². The van der Waals surface area contributed by atoms with Gasteiger partial charge in [0.2, 0.25) is 0 Å². The molecule has 1 heterocycles. The van der Waals surface area contributed by atoms with Gasteiger partial charge in [0, 0.05) is 20.1 Å². The molecule has 1 atom stereocenters. The van der Waals surface area contributed by atoms with E-state index in [1.165, 1.54) is 19.1 Å². The summed E-state index contributed by atoms with van der Waals surface area (Å²) < 4.78 is 105. The molecule has 1 aromatic carbocycles. The van der Waals surface area contributed by atoms with Crippen molar-refractivity contribution in [3.05, 3.63) is 34.2 Å². The highest BCUT2D eigenvalue weighted by Gasteiger charge is 2.63. The fourth-order valence-electron chi connectivity index (χ4n) is 2.16. The predicted molar refractivity (Wildman–Crippen MR) is 72.8 cm³/mol. The van der Waals surface area contributed by atoms with Gasteiger partial charge in [0.05, 0.1) is 0 Å². The average molecular weight is 380 g/mol. The van der Waals surface area contributed by atoms with Gasteiger partial charge < -0.3 is 0 Å². The summed E-state index contributed by atoms with van der Waals surface area (Å²) in [5.74, 6) is 0. The zero-order valence-corrected chi connectivity index (χ0v) is 13.3. The van der Waals surface area contributed by atoms with Crippen LogP contribution in [0.2, 0.25) is 0 Å². The van der Waals surface area contributed by atoms with Gasteiger partial charge >= 0.3 is 21.1 Å². The standard InChI is InChI=1S/C12H10F6O3S2/c1-7-4-3-5-10-9(7)6-8(2)22(10,11(13,14)15)21-23(19,20)12(16,17)18/h3-6H,1-2H3. The summed E-state index contributed by atoms with van der Waals surface area (Å²) in [4.78, 5) is -1.21. The lowest BCUT2D eigenvalue weighted by atomic mass is 10.1. The van der Waals surface area contributed by atoms with Crippen molar-refractivity contribution in [3.8, 4) is 0 Å². The maximum atomic E-state index is 13.6. The van der Waals surface area contributed by atoms with E-state index in [0.717, 1.165) is 19.1 Å². The number of fused-ring (bicyclic) bond motifs is 1. The summed E-state index contributed by atoms with van der Waals surface area (Å²) in [7, 11) is -11.3. The van der Waals surface area contributed by atoms with E-state index < -0.39 is 41.2 Å². The molecule has 0 aliphatic carbocycles. The van der Waals surface area contributed by atoms with Gasteiger partial charge in [-0.1, -0.05) is 12.1 Å². The smallest absolute Gasteiger partial charge is 0.196 e. The third kappa shape index (κ3) is 2.64. The second-order valence-electron chi connectivity index (χ2n) is 4.71. The molecule has 0 bridgehead atoms. The number of rotatable bonds is 2. The van der Waals surface area contributed by atoms with Crippen LogP contribution in [0.25, 0.3) is 6.08 Å². The van der Waals surface area contributed by atoms with Crippen molar-refractivity contribution in [2.75, 3.05) is 0 Å². The summed E-state index contributed by atoms with van der Waals surface area (Å²) >= 11 is 0. The Morgan fingerprint density at radius 2 is 1.61 bits per heavy atom. The fraction of sp³-hybridized carbons (Fsp3) is 0.333. The SMILES string of the molecule is CC1=Cc2c(C)cccc2S1(OS(=O)(=O)C(F)(F)F)C(F)(F)F. The minimum absolute atomic E-state index is 0.0229. The molecule has 1 aliphatic heterocycles. The molecule has 0 saturated heterocycles. The van der Waals surface area contributed by atoms with E-state index in [-0.39, 0.29) is 5.56 Å². The molecule has 0 amide bonds. The Balaban J connectivity index is 2.77. The fourth-order valence-corrected chi connectivity index (χ4v) is 6.62. The topological polar surface area (TPSA) is 43.4 Å². The molecule has 2 rings (SSSR count). The van der Waals surface area contributed by atoms with E-state index in [4.69, 9.17) is 0 Å². The maximum Gasteiger partial charge on any atom is 0.523 e. The Labute approximate surface area is 129 Å². The van der Waals surface area contributed by atoms with Crippen LogP contribution in [-0.2, 0) is 13.7 Å². The van der Waals surface area contributed by atoms with Crippen LogP contribution in [0, 0.1) is 6.92 Å². The van der Waals surface area contributed by atoms with Crippen molar-refractivity contribution in [2.24, 2.45) is 0 Å². The van der Waals surface area contributed by atoms with Gasteiger partial charge in [-0.3, -0.25) is 0 Å². The number of halogens is 6. The van der Waals surface area contributed by atoms with Crippen LogP contribution >= 0.6 is 10.3 Å². The van der Waals surface area contributed by atoms with Crippen molar-refractivity contribution in [2.45, 2.75) is 29.8 Å². The molecule has 0 saturated carbocycles. The molecular weight excluding hydrogens is 370 g/mol. The van der Waals surface area contributed by atoms with Crippen molar-refractivity contribution >= 4 is 26.5 Å². The maximum absolute atomic E-state index is 13.6. The molecule has 0 fully saturated rings. The van der Waals surface area contributed by atoms with E-state index in [1.54, 1.807) is 0 Å². The Morgan fingerprint density at radius 1 is 1.04 bits per heavy atom. The van der Waals surface area contributed by atoms with E-state index in [1.807, 2.05) is 0 Å². The van der Waals surface area contributed by atoms with Crippen molar-refractivity contribution in [1.82, 2.24) is 0 Å². The number of allylic oxidation sites excluding steroid dienone is 1. The van der Waals surface area contributed by atoms with Gasteiger partial charge in [0.1, 0.15) is 0 Å². The largest absolute Gasteiger partial charge is 0.523 e. The van der Waals surface area contributed by atoms with Crippen LogP contribution in [0.3, 0.4) is 0 Å². The average Bonchev–Trinajstić information content (AvgIpc) is 2.63. The van der Waals surface area contributed by atoms with Crippen LogP contribution in [-0.4, -0.2) is 19.4 Å². The normalized spacial score (nSPS) is 24.8. The van der Waals surface area contributed by atoms with E-state index >= 15 is 0 Å². The van der Waals surface area contributed by atoms with Crippen LogP contribution in [0.4, 0.5) is 26.3 Å². The second kappa shape index (κ2) is 5.15. The highest BCUT2D eigenvalue weighted by Crippen LogP contribution is 2.78. The first-order chi connectivity index (χ1) is 10.2. The summed E-state index contributed by atoms with van der Waals surface area (Å²) in [6.07, 6.45) is 1.01. The Morgan fingerprint density at radius 3 is 2.09 bits per heavy atom. The molecule has 11 heteroatoms. The molecule has 1 aromatic rings.